The lowest BCUT2D eigenvalue weighted by Gasteiger charge is -2.42. The summed E-state index contributed by atoms with van der Waals surface area (Å²) in [6, 6.07) is 1.69. The van der Waals surface area contributed by atoms with Gasteiger partial charge in [-0.25, -0.2) is 9.97 Å². The Morgan fingerprint density at radius 3 is 2.60 bits per heavy atom. The number of carbonyl (C=O) groups excluding carboxylic acids is 2. The monoisotopic (exact) mass is 385 g/mol. The number of rotatable bonds is 4. The second kappa shape index (κ2) is 7.78. The number of amides is 1. The van der Waals surface area contributed by atoms with Crippen molar-refractivity contribution in [3.8, 4) is 0 Å². The molecule has 1 aliphatic rings. The topological polar surface area (TPSA) is 89.5 Å². The highest BCUT2D eigenvalue weighted by Crippen LogP contribution is 2.26. The Morgan fingerprint density at radius 2 is 2.04 bits per heavy atom. The number of thioether (sulfide) groups is 1. The average Bonchev–Trinajstić information content (AvgIpc) is 2.50. The van der Waals surface area contributed by atoms with E-state index in [1.165, 1.54) is 0 Å². The molecule has 25 heavy (non-hydrogen) atoms. The van der Waals surface area contributed by atoms with Crippen molar-refractivity contribution < 1.29 is 14.7 Å². The first-order valence-electron chi connectivity index (χ1n) is 8.01. The summed E-state index contributed by atoms with van der Waals surface area (Å²) < 4.78 is 0. The van der Waals surface area contributed by atoms with Gasteiger partial charge in [0.2, 0.25) is 5.91 Å². The molecule has 7 nitrogen and oxygen atoms in total. The normalized spacial score (nSPS) is 18.4. The van der Waals surface area contributed by atoms with Crippen molar-refractivity contribution in [3.63, 3.8) is 0 Å². The molecule has 0 spiro atoms. The Bertz CT molecular complexity index is 665. The van der Waals surface area contributed by atoms with Gasteiger partial charge in [-0.2, -0.15) is 0 Å². The van der Waals surface area contributed by atoms with Crippen molar-refractivity contribution >= 4 is 41.1 Å². The Morgan fingerprint density at radius 1 is 1.36 bits per heavy atom. The van der Waals surface area contributed by atoms with Gasteiger partial charge in [-0.05, 0) is 6.92 Å². The van der Waals surface area contributed by atoms with Crippen LogP contribution in [0.4, 0.5) is 5.82 Å². The van der Waals surface area contributed by atoms with Crippen molar-refractivity contribution in [2.24, 2.45) is 5.41 Å². The summed E-state index contributed by atoms with van der Waals surface area (Å²) in [5.74, 6) is -0.650. The lowest BCUT2D eigenvalue weighted by Crippen LogP contribution is -2.56. The Hall–Kier alpha value is -1.54. The van der Waals surface area contributed by atoms with Gasteiger partial charge in [0.25, 0.3) is 0 Å². The summed E-state index contributed by atoms with van der Waals surface area (Å²) in [4.78, 5) is 35.5. The van der Waals surface area contributed by atoms with Gasteiger partial charge in [0, 0.05) is 42.9 Å². The maximum absolute atomic E-state index is 12.5. The smallest absolute Gasteiger partial charge is 0.228 e. The molecule has 1 atom stereocenters. The van der Waals surface area contributed by atoms with E-state index in [9.17, 15) is 14.7 Å². The highest BCUT2D eigenvalue weighted by Gasteiger charge is 2.34. The summed E-state index contributed by atoms with van der Waals surface area (Å²) >= 11 is 7.01. The molecule has 1 aromatic heterocycles. The van der Waals surface area contributed by atoms with Crippen molar-refractivity contribution in [3.05, 3.63) is 11.2 Å². The minimum atomic E-state index is -1.18. The van der Waals surface area contributed by atoms with Crippen LogP contribution in [0.5, 0.6) is 0 Å². The van der Waals surface area contributed by atoms with Gasteiger partial charge in [0.1, 0.15) is 11.0 Å². The maximum atomic E-state index is 12.5. The lowest BCUT2D eigenvalue weighted by molar-refractivity contribution is -0.301. The second-order valence-electron chi connectivity index (χ2n) is 7.04. The van der Waals surface area contributed by atoms with Gasteiger partial charge in [-0.1, -0.05) is 44.1 Å². The van der Waals surface area contributed by atoms with Crippen LogP contribution in [0.25, 0.3) is 0 Å². The van der Waals surface area contributed by atoms with Crippen molar-refractivity contribution in [1.82, 2.24) is 14.9 Å². The fourth-order valence-corrected chi connectivity index (χ4v) is 3.43. The number of anilines is 1. The number of carbonyl (C=O) groups is 2. The molecule has 0 aromatic carbocycles. The van der Waals surface area contributed by atoms with Gasteiger partial charge >= 0.3 is 0 Å². The maximum Gasteiger partial charge on any atom is 0.228 e. The molecule has 0 bridgehead atoms. The van der Waals surface area contributed by atoms with E-state index in [0.717, 1.165) is 11.8 Å². The molecule has 0 saturated carbocycles. The molecule has 1 amide bonds. The van der Waals surface area contributed by atoms with E-state index < -0.39 is 11.4 Å². The summed E-state index contributed by atoms with van der Waals surface area (Å²) in [5.41, 5.74) is -0.413. The summed E-state index contributed by atoms with van der Waals surface area (Å²) in [5, 5.41) is 11.2. The number of hydrogen-bond donors (Lipinski definition) is 0. The number of halogens is 1. The molecule has 1 fully saturated rings. The van der Waals surface area contributed by atoms with Crippen molar-refractivity contribution in [1.29, 1.82) is 0 Å². The van der Waals surface area contributed by atoms with E-state index in [-0.39, 0.29) is 22.9 Å². The minimum absolute atomic E-state index is 0.0357. The SMILES string of the molecule is C[C@@H]1CN(c2cc(Cl)nc(SCC(=O)[O-])n2)CCN1C(=O)C(C)(C)C. The van der Waals surface area contributed by atoms with Crippen LogP contribution in [0.2, 0.25) is 5.15 Å². The molecule has 1 saturated heterocycles. The molecule has 0 radical (unpaired) electrons. The van der Waals surface area contributed by atoms with Crippen LogP contribution in [0.1, 0.15) is 27.7 Å². The van der Waals surface area contributed by atoms with Crippen LogP contribution in [-0.2, 0) is 9.59 Å². The largest absolute Gasteiger partial charge is 0.549 e. The number of carboxylic acid groups (broad SMARTS) is 1. The van der Waals surface area contributed by atoms with Gasteiger partial charge in [-0.3, -0.25) is 4.79 Å². The zero-order valence-electron chi connectivity index (χ0n) is 14.8. The molecule has 0 unspecified atom stereocenters. The van der Waals surface area contributed by atoms with Crippen LogP contribution in [0.15, 0.2) is 11.2 Å². The van der Waals surface area contributed by atoms with E-state index in [2.05, 4.69) is 9.97 Å². The standard InChI is InChI=1S/C16H23ClN4O3S/c1-10-8-20(5-6-21(10)14(24)16(2,3)4)12-7-11(17)18-15(19-12)25-9-13(22)23/h7,10H,5-6,8-9H2,1-4H3,(H,22,23)/p-1/t10-/m1/s1. The molecule has 2 heterocycles. The van der Waals surface area contributed by atoms with Gasteiger partial charge < -0.3 is 19.7 Å². The Balaban J connectivity index is 2.11. The predicted octanol–water partition coefficient (Wildman–Crippen LogP) is 1.06. The van der Waals surface area contributed by atoms with Crippen molar-refractivity contribution in [2.45, 2.75) is 38.9 Å². The number of carboxylic acids is 1. The zero-order valence-corrected chi connectivity index (χ0v) is 16.4. The Labute approximate surface area is 156 Å². The third-order valence-electron chi connectivity index (χ3n) is 3.83. The first kappa shape index (κ1) is 19.8. The van der Waals surface area contributed by atoms with Gasteiger partial charge in [-0.15, -0.1) is 0 Å². The number of aliphatic carboxylic acids is 1. The highest BCUT2D eigenvalue weighted by molar-refractivity contribution is 7.99. The number of nitrogens with zero attached hydrogens (tertiary/aromatic N) is 4. The lowest BCUT2D eigenvalue weighted by atomic mass is 9.93. The number of aromatic nitrogens is 2. The van der Waals surface area contributed by atoms with E-state index in [1.54, 1.807) is 6.07 Å². The van der Waals surface area contributed by atoms with E-state index >= 15 is 0 Å². The minimum Gasteiger partial charge on any atom is -0.549 e. The van der Waals surface area contributed by atoms with Crippen LogP contribution >= 0.6 is 23.4 Å². The molecular weight excluding hydrogens is 364 g/mol. The Kier molecular flexibility index (Phi) is 6.16. The second-order valence-corrected chi connectivity index (χ2v) is 8.37. The van der Waals surface area contributed by atoms with E-state index in [1.807, 2.05) is 37.5 Å². The summed E-state index contributed by atoms with van der Waals surface area (Å²) in [7, 11) is 0. The predicted molar refractivity (Wildman–Crippen MR) is 95.6 cm³/mol. The van der Waals surface area contributed by atoms with E-state index in [4.69, 9.17) is 11.6 Å². The van der Waals surface area contributed by atoms with E-state index in [0.29, 0.717) is 30.6 Å². The molecule has 0 aliphatic carbocycles. The van der Waals surface area contributed by atoms with Crippen molar-refractivity contribution in [2.75, 3.05) is 30.3 Å². The molecule has 1 aromatic rings. The fourth-order valence-electron chi connectivity index (χ4n) is 2.63. The quantitative estimate of drug-likeness (QED) is 0.434. The third-order valence-corrected chi connectivity index (χ3v) is 4.85. The zero-order chi connectivity index (χ0) is 18.8. The first-order chi connectivity index (χ1) is 11.6. The summed E-state index contributed by atoms with van der Waals surface area (Å²) in [6.45, 7) is 9.60. The van der Waals surface area contributed by atoms with Crippen LogP contribution in [0, 0.1) is 5.41 Å². The number of hydrogen-bond acceptors (Lipinski definition) is 7. The molecule has 2 rings (SSSR count). The molecule has 138 valence electrons. The molecule has 0 N–H and O–H groups in total. The third kappa shape index (κ3) is 5.22. The van der Waals surface area contributed by atoms with Crippen LogP contribution < -0.4 is 10.0 Å². The molecular formula is C16H22ClN4O3S-. The first-order valence-corrected chi connectivity index (χ1v) is 9.37. The van der Waals surface area contributed by atoms with Crippen LogP contribution in [0.3, 0.4) is 0 Å². The van der Waals surface area contributed by atoms with Gasteiger partial charge in [0.15, 0.2) is 5.16 Å². The van der Waals surface area contributed by atoms with Gasteiger partial charge in [0.05, 0.1) is 5.97 Å². The molecule has 9 heteroatoms. The number of piperazine rings is 1. The average molecular weight is 386 g/mol. The highest BCUT2D eigenvalue weighted by atomic mass is 35.5. The molecule has 1 aliphatic heterocycles. The fraction of sp³-hybridized carbons (Fsp3) is 0.625. The van der Waals surface area contributed by atoms with Crippen LogP contribution in [-0.4, -0.2) is 58.2 Å². The summed E-state index contributed by atoms with van der Waals surface area (Å²) in [6.07, 6.45) is 0.